The van der Waals surface area contributed by atoms with E-state index in [-0.39, 0.29) is 32.7 Å². The van der Waals surface area contributed by atoms with Crippen molar-refractivity contribution in [2.24, 2.45) is 0 Å². The summed E-state index contributed by atoms with van der Waals surface area (Å²) in [6.45, 7) is 6.88. The largest absolute Gasteiger partial charge is 0.374 e. The number of nitrogens with zero attached hydrogens (tertiary/aromatic N) is 1. The van der Waals surface area contributed by atoms with Crippen LogP contribution in [0, 0.1) is 6.08 Å². The van der Waals surface area contributed by atoms with Gasteiger partial charge in [-0.25, -0.2) is 0 Å². The Morgan fingerprint density at radius 2 is 2.06 bits per heavy atom. The molecule has 1 aromatic carbocycles. The molecule has 0 fully saturated rings. The van der Waals surface area contributed by atoms with Gasteiger partial charge in [0, 0.05) is 39.3 Å². The number of rotatable bonds is 2. The summed E-state index contributed by atoms with van der Waals surface area (Å²) in [6.07, 6.45) is 4.98. The first-order valence-electron chi connectivity index (χ1n) is 5.36. The summed E-state index contributed by atoms with van der Waals surface area (Å²) in [5, 5.41) is 0.641. The topological polar surface area (TPSA) is 3.24 Å². The van der Waals surface area contributed by atoms with Crippen LogP contribution < -0.4 is 0 Å². The van der Waals surface area contributed by atoms with Gasteiger partial charge in [-0.3, -0.25) is 0 Å². The summed E-state index contributed by atoms with van der Waals surface area (Å²) in [5.74, 6) is 0. The Morgan fingerprint density at radius 1 is 1.39 bits per heavy atom. The second kappa shape index (κ2) is 7.05. The Morgan fingerprint density at radius 3 is 2.67 bits per heavy atom. The molecule has 0 aromatic heterocycles. The zero-order valence-corrected chi connectivity index (χ0v) is 15.3. The summed E-state index contributed by atoms with van der Waals surface area (Å²) < 4.78 is 1.04. The van der Waals surface area contributed by atoms with Crippen molar-refractivity contribution in [2.45, 2.75) is 6.92 Å². The van der Waals surface area contributed by atoms with E-state index in [1.807, 2.05) is 18.2 Å². The van der Waals surface area contributed by atoms with Crippen LogP contribution in [-0.2, 0) is 32.7 Å². The number of hydrogen-bond acceptors (Lipinski definition) is 1. The molecule has 0 bridgehead atoms. The molecule has 1 aliphatic rings. The summed E-state index contributed by atoms with van der Waals surface area (Å²) in [6, 6.07) is 8.06. The number of benzene rings is 1. The molecular weight excluding hydrogens is 386 g/mol. The molecule has 0 saturated carbocycles. The quantitative estimate of drug-likeness (QED) is 0.660. The second-order valence-electron chi connectivity index (χ2n) is 3.66. The minimum atomic E-state index is 0. The van der Waals surface area contributed by atoms with Gasteiger partial charge in [-0.1, -0.05) is 52.0 Å². The van der Waals surface area contributed by atoms with Gasteiger partial charge in [0.15, 0.2) is 0 Å². The Balaban J connectivity index is 0.00000162. The van der Waals surface area contributed by atoms with Gasteiger partial charge in [-0.05, 0) is 22.1 Å². The van der Waals surface area contributed by atoms with Crippen molar-refractivity contribution in [3.05, 3.63) is 63.8 Å². The zero-order chi connectivity index (χ0) is 12.4. The van der Waals surface area contributed by atoms with Crippen molar-refractivity contribution in [3.8, 4) is 0 Å². The van der Waals surface area contributed by atoms with Crippen molar-refractivity contribution in [3.63, 3.8) is 0 Å². The van der Waals surface area contributed by atoms with Crippen LogP contribution >= 0.6 is 27.5 Å². The molecule has 2 rings (SSSR count). The third kappa shape index (κ3) is 3.16. The molecule has 1 nitrogen and oxygen atoms in total. The third-order valence-corrected chi connectivity index (χ3v) is 3.67. The number of allylic oxidation sites excluding steroid dienone is 3. The molecule has 18 heavy (non-hydrogen) atoms. The first-order chi connectivity index (χ1) is 8.15. The second-order valence-corrected chi connectivity index (χ2v) is 4.92. The van der Waals surface area contributed by atoms with E-state index >= 15 is 0 Å². The van der Waals surface area contributed by atoms with Crippen LogP contribution in [0.4, 0.5) is 0 Å². The molecule has 0 atom stereocenters. The van der Waals surface area contributed by atoms with Crippen molar-refractivity contribution >= 4 is 33.2 Å². The summed E-state index contributed by atoms with van der Waals surface area (Å²) in [4.78, 5) is 2.06. The van der Waals surface area contributed by atoms with Crippen LogP contribution in [0.5, 0.6) is 0 Å². The van der Waals surface area contributed by atoms with Crippen LogP contribution in [0.2, 0.25) is 0 Å². The van der Waals surface area contributed by atoms with Crippen LogP contribution in [-0.4, -0.2) is 11.4 Å². The Kier molecular flexibility index (Phi) is 6.33. The van der Waals surface area contributed by atoms with Gasteiger partial charge in [-0.15, -0.1) is 6.07 Å². The summed E-state index contributed by atoms with van der Waals surface area (Å²) in [5.41, 5.74) is 2.91. The molecule has 0 unspecified atom stereocenters. The average Bonchev–Trinajstić information content (AvgIpc) is 2.33. The predicted octanol–water partition coefficient (Wildman–Crippen LogP) is 4.56. The normalized spacial score (nSPS) is 14.8. The molecular formula is C14H12BrClNY-. The van der Waals surface area contributed by atoms with Crippen molar-refractivity contribution in [1.82, 2.24) is 4.90 Å². The fourth-order valence-corrected chi connectivity index (χ4v) is 2.41. The Hall–Kier alpha value is 0.114. The van der Waals surface area contributed by atoms with E-state index < -0.39 is 0 Å². The third-order valence-electron chi connectivity index (χ3n) is 2.65. The molecule has 0 spiro atoms. The number of likely N-dealkylation sites (N-methyl/N-ethyl adjacent to an activating group) is 1. The maximum absolute atomic E-state index is 6.07. The van der Waals surface area contributed by atoms with Gasteiger partial charge in [-0.2, -0.15) is 23.8 Å². The van der Waals surface area contributed by atoms with E-state index in [0.717, 1.165) is 28.0 Å². The maximum atomic E-state index is 6.07. The smallest absolute Gasteiger partial charge is 0.0170 e. The van der Waals surface area contributed by atoms with E-state index in [4.69, 9.17) is 11.6 Å². The standard InChI is InChI=1S/C14H12BrClN.Y/c1-3-17-10(2)13(16)8-9-14(17)11-6-4-5-7-12(11)15;/h4-8H,2-3H2,1H3;/q-1;. The molecule has 1 radical (unpaired) electrons. The molecule has 0 N–H and O–H groups in total. The number of halogens is 2. The van der Waals surface area contributed by atoms with Crippen molar-refractivity contribution in [2.75, 3.05) is 6.54 Å². The van der Waals surface area contributed by atoms with Crippen molar-refractivity contribution < 1.29 is 32.7 Å². The molecule has 0 amide bonds. The first kappa shape index (κ1) is 16.2. The van der Waals surface area contributed by atoms with E-state index in [1.54, 1.807) is 6.08 Å². The van der Waals surface area contributed by atoms with Gasteiger partial charge >= 0.3 is 0 Å². The zero-order valence-electron chi connectivity index (χ0n) is 10.1. The number of hydrogen-bond donors (Lipinski definition) is 0. The summed E-state index contributed by atoms with van der Waals surface area (Å²) in [7, 11) is 0. The maximum Gasteiger partial charge on any atom is 0.0170 e. The van der Waals surface area contributed by atoms with Crippen LogP contribution in [0.25, 0.3) is 5.70 Å². The monoisotopic (exact) mass is 397 g/mol. The Labute approximate surface area is 147 Å². The summed E-state index contributed by atoms with van der Waals surface area (Å²) >= 11 is 9.62. The molecule has 91 valence electrons. The molecule has 0 saturated heterocycles. The Bertz CT molecular complexity index is 522. The van der Waals surface area contributed by atoms with Gasteiger partial charge < -0.3 is 4.90 Å². The van der Waals surface area contributed by atoms with E-state index in [9.17, 15) is 0 Å². The van der Waals surface area contributed by atoms with Gasteiger partial charge in [0.2, 0.25) is 0 Å². The van der Waals surface area contributed by atoms with Crippen LogP contribution in [0.3, 0.4) is 0 Å². The van der Waals surface area contributed by atoms with E-state index in [1.165, 1.54) is 0 Å². The van der Waals surface area contributed by atoms with Gasteiger partial charge in [0.05, 0.1) is 0 Å². The van der Waals surface area contributed by atoms with Gasteiger partial charge in [0.1, 0.15) is 0 Å². The van der Waals surface area contributed by atoms with E-state index in [0.29, 0.717) is 5.03 Å². The molecule has 1 heterocycles. The minimum Gasteiger partial charge on any atom is -0.374 e. The van der Waals surface area contributed by atoms with Gasteiger partial charge in [0.25, 0.3) is 0 Å². The first-order valence-corrected chi connectivity index (χ1v) is 6.53. The molecule has 0 aliphatic carbocycles. The SMILES string of the molecule is C=C1C(Cl)=C[C-]=C(c2ccccc2Br)N1CC.[Y]. The predicted molar refractivity (Wildman–Crippen MR) is 76.2 cm³/mol. The van der Waals surface area contributed by atoms with E-state index in [2.05, 4.69) is 46.5 Å². The molecule has 4 heteroatoms. The molecule has 1 aliphatic heterocycles. The average molecular weight is 399 g/mol. The van der Waals surface area contributed by atoms with Crippen molar-refractivity contribution in [1.29, 1.82) is 0 Å². The van der Waals surface area contributed by atoms with Crippen LogP contribution in [0.1, 0.15) is 12.5 Å². The fraction of sp³-hybridized carbons (Fsp3) is 0.143. The fourth-order valence-electron chi connectivity index (χ4n) is 1.78. The minimum absolute atomic E-state index is 0. The van der Waals surface area contributed by atoms with Crippen LogP contribution in [0.15, 0.2) is 52.1 Å². The molecule has 1 aromatic rings.